The summed E-state index contributed by atoms with van der Waals surface area (Å²) in [4.78, 5) is 7.17. The zero-order valence-corrected chi connectivity index (χ0v) is 8.71. The van der Waals surface area contributed by atoms with Crippen LogP contribution in [-0.4, -0.2) is 27.7 Å². The van der Waals surface area contributed by atoms with Gasteiger partial charge in [-0.2, -0.15) is 4.98 Å². The van der Waals surface area contributed by atoms with E-state index in [0.717, 1.165) is 19.0 Å². The smallest absolute Gasteiger partial charge is 0.224 e. The van der Waals surface area contributed by atoms with Gasteiger partial charge in [-0.05, 0) is 30.4 Å². The van der Waals surface area contributed by atoms with Gasteiger partial charge in [-0.1, -0.05) is 0 Å². The van der Waals surface area contributed by atoms with Crippen LogP contribution >= 0.6 is 11.6 Å². The molecule has 0 spiro atoms. The Morgan fingerprint density at radius 1 is 1.67 bits per heavy atom. The van der Waals surface area contributed by atoms with Gasteiger partial charge in [0, 0.05) is 6.54 Å². The number of anilines is 1. The van der Waals surface area contributed by atoms with Gasteiger partial charge in [0.2, 0.25) is 5.28 Å². The molecular weight excluding hydrogens is 221 g/mol. The van der Waals surface area contributed by atoms with Crippen LogP contribution in [0.15, 0.2) is 6.20 Å². The van der Waals surface area contributed by atoms with Crippen LogP contribution in [0.1, 0.15) is 12.8 Å². The molecule has 0 amide bonds. The highest BCUT2D eigenvalue weighted by Gasteiger charge is 2.29. The number of aliphatic hydroxyl groups excluding tert-OH is 1. The van der Waals surface area contributed by atoms with Crippen LogP contribution in [0, 0.1) is 11.7 Å². The Morgan fingerprint density at radius 3 is 3.07 bits per heavy atom. The summed E-state index contributed by atoms with van der Waals surface area (Å²) in [5, 5.41) is 12.2. The first-order valence-electron chi connectivity index (χ1n) is 4.77. The fraction of sp³-hybridized carbons (Fsp3) is 0.556. The van der Waals surface area contributed by atoms with E-state index in [1.807, 2.05) is 0 Å². The maximum atomic E-state index is 13.1. The predicted molar refractivity (Wildman–Crippen MR) is 54.2 cm³/mol. The van der Waals surface area contributed by atoms with E-state index >= 15 is 0 Å². The van der Waals surface area contributed by atoms with Gasteiger partial charge in [0.05, 0.1) is 12.3 Å². The molecule has 0 aromatic carbocycles. The molecule has 1 fully saturated rings. The van der Waals surface area contributed by atoms with Crippen LogP contribution in [0.25, 0.3) is 0 Å². The average molecular weight is 232 g/mol. The van der Waals surface area contributed by atoms with Gasteiger partial charge in [0.1, 0.15) is 0 Å². The zero-order chi connectivity index (χ0) is 10.8. The zero-order valence-electron chi connectivity index (χ0n) is 7.95. The Bertz CT molecular complexity index is 359. The topological polar surface area (TPSA) is 58.0 Å². The minimum Gasteiger partial charge on any atom is -0.391 e. The third kappa shape index (κ3) is 2.76. The Labute approximate surface area is 91.5 Å². The molecule has 0 bridgehead atoms. The molecule has 82 valence electrons. The van der Waals surface area contributed by atoms with Gasteiger partial charge >= 0.3 is 0 Å². The summed E-state index contributed by atoms with van der Waals surface area (Å²) < 4.78 is 13.1. The summed E-state index contributed by atoms with van der Waals surface area (Å²) >= 11 is 5.52. The van der Waals surface area contributed by atoms with Gasteiger partial charge in [0.25, 0.3) is 0 Å². The molecule has 15 heavy (non-hydrogen) atoms. The highest BCUT2D eigenvalue weighted by Crippen LogP contribution is 2.32. The second kappa shape index (κ2) is 4.28. The molecular formula is C9H11ClFN3O. The monoisotopic (exact) mass is 231 g/mol. The first-order chi connectivity index (χ1) is 7.16. The van der Waals surface area contributed by atoms with Crippen molar-refractivity contribution in [1.29, 1.82) is 0 Å². The Morgan fingerprint density at radius 2 is 2.40 bits per heavy atom. The minimum atomic E-state index is -0.567. The second-order valence-corrected chi connectivity index (χ2v) is 3.96. The summed E-state index contributed by atoms with van der Waals surface area (Å²) in [5.74, 6) is -0.185. The number of nitrogens with zero attached hydrogens (tertiary/aromatic N) is 2. The quantitative estimate of drug-likeness (QED) is 0.771. The molecule has 2 N–H and O–H groups in total. The lowest BCUT2D eigenvalue weighted by Crippen LogP contribution is -2.22. The van der Waals surface area contributed by atoms with Crippen LogP contribution < -0.4 is 5.32 Å². The summed E-state index contributed by atoms with van der Waals surface area (Å²) in [6, 6.07) is 0. The lowest BCUT2D eigenvalue weighted by molar-refractivity contribution is 0.164. The normalized spacial score (nSPS) is 17.5. The Hall–Kier alpha value is -0.940. The van der Waals surface area contributed by atoms with Crippen molar-refractivity contribution >= 4 is 17.4 Å². The molecule has 0 radical (unpaired) electrons. The number of aromatic nitrogens is 2. The fourth-order valence-corrected chi connectivity index (χ4v) is 1.45. The van der Waals surface area contributed by atoms with Crippen molar-refractivity contribution in [3.05, 3.63) is 17.3 Å². The maximum Gasteiger partial charge on any atom is 0.224 e. The minimum absolute atomic E-state index is 0.0141. The second-order valence-electron chi connectivity index (χ2n) is 3.62. The van der Waals surface area contributed by atoms with Gasteiger partial charge < -0.3 is 10.4 Å². The third-order valence-electron chi connectivity index (χ3n) is 2.36. The molecule has 4 nitrogen and oxygen atoms in total. The van der Waals surface area contributed by atoms with Crippen molar-refractivity contribution in [3.8, 4) is 0 Å². The molecule has 0 saturated heterocycles. The number of hydrogen-bond acceptors (Lipinski definition) is 4. The molecule has 0 aliphatic heterocycles. The molecule has 1 atom stereocenters. The van der Waals surface area contributed by atoms with Crippen LogP contribution in [0.4, 0.5) is 10.2 Å². The van der Waals surface area contributed by atoms with E-state index in [4.69, 9.17) is 11.6 Å². The van der Waals surface area contributed by atoms with Crippen molar-refractivity contribution in [2.24, 2.45) is 5.92 Å². The highest BCUT2D eigenvalue weighted by atomic mass is 35.5. The van der Waals surface area contributed by atoms with E-state index in [1.165, 1.54) is 0 Å². The van der Waals surface area contributed by atoms with Crippen molar-refractivity contribution in [2.75, 3.05) is 11.9 Å². The van der Waals surface area contributed by atoms with Crippen molar-refractivity contribution in [1.82, 2.24) is 9.97 Å². The van der Waals surface area contributed by atoms with Crippen molar-refractivity contribution in [2.45, 2.75) is 18.9 Å². The van der Waals surface area contributed by atoms with Crippen LogP contribution in [0.3, 0.4) is 0 Å². The molecule has 1 aromatic heterocycles. The Balaban J connectivity index is 1.94. The van der Waals surface area contributed by atoms with Gasteiger partial charge in [-0.25, -0.2) is 9.37 Å². The van der Waals surface area contributed by atoms with Gasteiger partial charge in [-0.15, -0.1) is 0 Å². The standard InChI is InChI=1S/C9H11ClFN3O/c10-9-13-3-6(11)8(14-9)12-4-7(15)5-1-2-5/h3,5,7,15H,1-2,4H2,(H,12,13,14). The van der Waals surface area contributed by atoms with E-state index < -0.39 is 11.9 Å². The molecule has 1 aliphatic rings. The number of rotatable bonds is 4. The largest absolute Gasteiger partial charge is 0.391 e. The first-order valence-corrected chi connectivity index (χ1v) is 5.14. The maximum absolute atomic E-state index is 13.1. The summed E-state index contributed by atoms with van der Waals surface area (Å²) in [6.45, 7) is 0.287. The fourth-order valence-electron chi connectivity index (χ4n) is 1.32. The van der Waals surface area contributed by atoms with Crippen LogP contribution in [0.2, 0.25) is 5.28 Å². The van der Waals surface area contributed by atoms with E-state index in [2.05, 4.69) is 15.3 Å². The number of aliphatic hydroxyl groups is 1. The molecule has 1 saturated carbocycles. The predicted octanol–water partition coefficient (Wildman–Crippen LogP) is 1.45. The first kappa shape index (κ1) is 10.6. The molecule has 1 unspecified atom stereocenters. The van der Waals surface area contributed by atoms with Crippen molar-refractivity contribution in [3.63, 3.8) is 0 Å². The number of nitrogens with one attached hydrogen (secondary N) is 1. The van der Waals surface area contributed by atoms with E-state index in [0.29, 0.717) is 5.92 Å². The number of hydrogen-bond donors (Lipinski definition) is 2. The molecule has 1 aromatic rings. The summed E-state index contributed by atoms with van der Waals surface area (Å²) in [5.41, 5.74) is 0. The SMILES string of the molecule is OC(CNc1nc(Cl)ncc1F)C1CC1. The molecule has 1 aliphatic carbocycles. The van der Waals surface area contributed by atoms with E-state index in [-0.39, 0.29) is 17.6 Å². The average Bonchev–Trinajstić information content (AvgIpc) is 3.02. The number of halogens is 2. The van der Waals surface area contributed by atoms with Crippen LogP contribution in [-0.2, 0) is 0 Å². The lowest BCUT2D eigenvalue weighted by atomic mass is 10.2. The van der Waals surface area contributed by atoms with E-state index in [1.54, 1.807) is 0 Å². The van der Waals surface area contributed by atoms with Gasteiger partial charge in [0.15, 0.2) is 11.6 Å². The van der Waals surface area contributed by atoms with Crippen LogP contribution in [0.5, 0.6) is 0 Å². The summed E-state index contributed by atoms with van der Waals surface area (Å²) in [7, 11) is 0. The molecule has 2 rings (SSSR count). The lowest BCUT2D eigenvalue weighted by Gasteiger charge is -2.11. The third-order valence-corrected chi connectivity index (χ3v) is 2.54. The molecule has 1 heterocycles. The summed E-state index contributed by atoms with van der Waals surface area (Å²) in [6.07, 6.45) is 2.63. The Kier molecular flexibility index (Phi) is 3.02. The highest BCUT2D eigenvalue weighted by molar-refractivity contribution is 6.28. The van der Waals surface area contributed by atoms with Crippen molar-refractivity contribution < 1.29 is 9.50 Å². The van der Waals surface area contributed by atoms with Gasteiger partial charge in [-0.3, -0.25) is 0 Å². The molecule has 6 heteroatoms. The van der Waals surface area contributed by atoms with E-state index in [9.17, 15) is 9.50 Å².